The van der Waals surface area contributed by atoms with Crippen molar-refractivity contribution in [3.8, 4) is 0 Å². The molecule has 2 heterocycles. The van der Waals surface area contributed by atoms with Crippen molar-refractivity contribution in [1.29, 1.82) is 0 Å². The zero-order valence-electron chi connectivity index (χ0n) is 11.6. The molecule has 21 heavy (non-hydrogen) atoms. The van der Waals surface area contributed by atoms with E-state index in [1.165, 1.54) is 20.8 Å². The fourth-order valence-electron chi connectivity index (χ4n) is 2.26. The third-order valence-electron chi connectivity index (χ3n) is 3.10. The maximum absolute atomic E-state index is 12.3. The predicted octanol–water partition coefficient (Wildman–Crippen LogP) is -1.81. The number of aromatic amines is 1. The van der Waals surface area contributed by atoms with Crippen molar-refractivity contribution in [2.45, 2.75) is 39.5 Å². The lowest BCUT2D eigenvalue weighted by molar-refractivity contribution is 0.0937. The lowest BCUT2D eigenvalue weighted by atomic mass is 10.4. The highest BCUT2D eigenvalue weighted by Gasteiger charge is 2.24. The molecule has 2 aromatic rings. The minimum atomic E-state index is -1.47. The number of hydrogen-bond acceptors (Lipinski definition) is 6. The van der Waals surface area contributed by atoms with E-state index in [0.717, 1.165) is 9.13 Å². The maximum atomic E-state index is 12.3. The summed E-state index contributed by atoms with van der Waals surface area (Å²) in [5.41, 5.74) is -3.26. The summed E-state index contributed by atoms with van der Waals surface area (Å²) < 4.78 is 1.99. The molecule has 0 amide bonds. The van der Waals surface area contributed by atoms with Gasteiger partial charge in [0.15, 0.2) is 11.2 Å². The zero-order chi connectivity index (χ0) is 16.1. The van der Waals surface area contributed by atoms with Crippen LogP contribution < -0.4 is 16.9 Å². The van der Waals surface area contributed by atoms with E-state index in [1.54, 1.807) is 0 Å². The molecule has 0 aromatic carbocycles. The number of nitrogens with zero attached hydrogens (tertiary/aromatic N) is 3. The number of hydrogen-bond donors (Lipinski definition) is 4. The smallest absolute Gasteiger partial charge is 0.336 e. The second-order valence-electron chi connectivity index (χ2n) is 4.72. The normalized spacial score (nSPS) is 16.1. The number of imidazole rings is 1. The molecule has 10 nitrogen and oxygen atoms in total. The Balaban J connectivity index is 3.18. The second-order valence-corrected chi connectivity index (χ2v) is 4.72. The molecular formula is C11H16N4O6. The first-order valence-electron chi connectivity index (χ1n) is 6.24. The molecule has 0 aliphatic heterocycles. The summed E-state index contributed by atoms with van der Waals surface area (Å²) in [4.78, 5) is 38.6. The first kappa shape index (κ1) is 15.2. The van der Waals surface area contributed by atoms with E-state index < -0.39 is 35.6 Å². The van der Waals surface area contributed by atoms with Crippen molar-refractivity contribution in [3.05, 3.63) is 31.3 Å². The van der Waals surface area contributed by atoms with Crippen LogP contribution in [0.1, 0.15) is 39.5 Å². The highest BCUT2D eigenvalue weighted by Crippen LogP contribution is 2.11. The van der Waals surface area contributed by atoms with Crippen LogP contribution in [0.5, 0.6) is 0 Å². The molecule has 0 radical (unpaired) electrons. The van der Waals surface area contributed by atoms with Crippen LogP contribution in [0.15, 0.2) is 14.4 Å². The highest BCUT2D eigenvalue weighted by molar-refractivity contribution is 5.70. The van der Waals surface area contributed by atoms with Crippen LogP contribution in [0.4, 0.5) is 0 Å². The van der Waals surface area contributed by atoms with Crippen LogP contribution in [0.25, 0.3) is 11.2 Å². The largest absolute Gasteiger partial charge is 0.373 e. The Bertz CT molecular complexity index is 850. The van der Waals surface area contributed by atoms with Gasteiger partial charge in [-0.25, -0.2) is 14.2 Å². The van der Waals surface area contributed by atoms with Gasteiger partial charge in [0.1, 0.15) is 18.7 Å². The average Bonchev–Trinajstić information content (AvgIpc) is 2.65. The lowest BCUT2D eigenvalue weighted by Crippen LogP contribution is -2.43. The zero-order valence-corrected chi connectivity index (χ0v) is 11.6. The van der Waals surface area contributed by atoms with Crippen molar-refractivity contribution in [2.75, 3.05) is 0 Å². The molecule has 0 saturated carbocycles. The summed E-state index contributed by atoms with van der Waals surface area (Å²) in [6.45, 7) is 3.72. The van der Waals surface area contributed by atoms with E-state index in [1.807, 2.05) is 0 Å². The Hall–Kier alpha value is -2.17. The van der Waals surface area contributed by atoms with Crippen molar-refractivity contribution in [1.82, 2.24) is 18.7 Å². The minimum Gasteiger partial charge on any atom is -0.373 e. The van der Waals surface area contributed by atoms with E-state index in [4.69, 9.17) is 0 Å². The van der Waals surface area contributed by atoms with Gasteiger partial charge in [-0.15, -0.1) is 0 Å². The van der Waals surface area contributed by atoms with Gasteiger partial charge in [0.2, 0.25) is 0 Å². The van der Waals surface area contributed by atoms with Crippen LogP contribution >= 0.6 is 0 Å². The monoisotopic (exact) mass is 300 g/mol. The van der Waals surface area contributed by atoms with E-state index in [9.17, 15) is 29.7 Å². The summed E-state index contributed by atoms with van der Waals surface area (Å²) in [7, 11) is 0. The fourth-order valence-corrected chi connectivity index (χ4v) is 2.26. The first-order valence-corrected chi connectivity index (χ1v) is 6.24. The summed E-state index contributed by atoms with van der Waals surface area (Å²) in [5, 5.41) is 28.9. The Morgan fingerprint density at radius 1 is 0.857 bits per heavy atom. The molecule has 0 aliphatic rings. The summed E-state index contributed by atoms with van der Waals surface area (Å²) in [5.74, 6) is 0. The summed E-state index contributed by atoms with van der Waals surface area (Å²) in [6, 6.07) is 0. The van der Waals surface area contributed by atoms with Gasteiger partial charge in [-0.1, -0.05) is 0 Å². The van der Waals surface area contributed by atoms with Crippen molar-refractivity contribution in [3.63, 3.8) is 0 Å². The molecule has 0 saturated heterocycles. The summed E-state index contributed by atoms with van der Waals surface area (Å²) >= 11 is 0. The van der Waals surface area contributed by atoms with Gasteiger partial charge in [-0.2, -0.15) is 0 Å². The number of aliphatic hydroxyl groups excluding tert-OH is 3. The number of aromatic nitrogens is 4. The van der Waals surface area contributed by atoms with Crippen LogP contribution in [0.2, 0.25) is 0 Å². The molecule has 4 N–H and O–H groups in total. The van der Waals surface area contributed by atoms with Gasteiger partial charge in [0.25, 0.3) is 5.56 Å². The third kappa shape index (κ3) is 2.13. The lowest BCUT2D eigenvalue weighted by Gasteiger charge is -2.16. The number of H-pyrrole nitrogens is 1. The Kier molecular flexibility index (Phi) is 3.61. The molecule has 2 aromatic heterocycles. The summed E-state index contributed by atoms with van der Waals surface area (Å²) in [6.07, 6.45) is -4.15. The van der Waals surface area contributed by atoms with Crippen molar-refractivity contribution >= 4 is 11.2 Å². The molecule has 116 valence electrons. The SMILES string of the molecule is CC(O)n1c(=O)c2c([nH]c(=O)n2C(C)O)n(C(C)O)c1=O. The Morgan fingerprint density at radius 2 is 1.33 bits per heavy atom. The fraction of sp³-hybridized carbons (Fsp3) is 0.545. The number of rotatable bonds is 3. The molecule has 3 unspecified atom stereocenters. The van der Waals surface area contributed by atoms with E-state index in [0.29, 0.717) is 4.57 Å². The third-order valence-corrected chi connectivity index (χ3v) is 3.10. The maximum Gasteiger partial charge on any atom is 0.336 e. The van der Waals surface area contributed by atoms with Gasteiger partial charge in [0.05, 0.1) is 0 Å². The van der Waals surface area contributed by atoms with E-state index in [2.05, 4.69) is 4.98 Å². The van der Waals surface area contributed by atoms with E-state index in [-0.39, 0.29) is 11.2 Å². The molecule has 10 heteroatoms. The van der Waals surface area contributed by atoms with Gasteiger partial charge < -0.3 is 15.3 Å². The quantitative estimate of drug-likeness (QED) is 0.526. The standard InChI is InChI=1S/C11H16N4O6/c1-4(16)13-7-8(12-10(13)20)14(5(2)17)11(21)15(6(3)18)9(7)19/h4-6,16-18H,1-3H3,(H,12,20). The van der Waals surface area contributed by atoms with Crippen LogP contribution in [0.3, 0.4) is 0 Å². The number of fused-ring (bicyclic) bond motifs is 1. The highest BCUT2D eigenvalue weighted by atomic mass is 16.3. The first-order chi connectivity index (χ1) is 9.68. The molecule has 0 bridgehead atoms. The Morgan fingerprint density at radius 3 is 1.76 bits per heavy atom. The van der Waals surface area contributed by atoms with Gasteiger partial charge >= 0.3 is 11.4 Å². The van der Waals surface area contributed by atoms with Gasteiger partial charge in [-0.3, -0.25) is 18.9 Å². The minimum absolute atomic E-state index is 0.220. The van der Waals surface area contributed by atoms with Crippen molar-refractivity contribution in [2.24, 2.45) is 0 Å². The van der Waals surface area contributed by atoms with Crippen molar-refractivity contribution < 1.29 is 15.3 Å². The average molecular weight is 300 g/mol. The molecule has 0 aliphatic carbocycles. The Labute approximate surface area is 117 Å². The molecule has 2 rings (SSSR count). The van der Waals surface area contributed by atoms with E-state index >= 15 is 0 Å². The van der Waals surface area contributed by atoms with Crippen LogP contribution in [-0.4, -0.2) is 34.0 Å². The van der Waals surface area contributed by atoms with Crippen LogP contribution in [-0.2, 0) is 0 Å². The van der Waals surface area contributed by atoms with Crippen LogP contribution in [0, 0.1) is 0 Å². The molecule has 3 atom stereocenters. The topological polar surface area (TPSA) is 142 Å². The van der Waals surface area contributed by atoms with Gasteiger partial charge in [-0.05, 0) is 20.8 Å². The second kappa shape index (κ2) is 4.98. The number of aliphatic hydroxyl groups is 3. The molecule has 0 spiro atoms. The number of nitrogens with one attached hydrogen (secondary N) is 1. The van der Waals surface area contributed by atoms with Gasteiger partial charge in [0, 0.05) is 0 Å². The molecule has 0 fully saturated rings. The predicted molar refractivity (Wildman–Crippen MR) is 71.9 cm³/mol. The molecular weight excluding hydrogens is 284 g/mol.